The number of carbonyl (C=O) groups is 1. The number of likely N-dealkylation sites (tertiary alicyclic amines) is 1. The minimum absolute atomic E-state index is 0.0401. The van der Waals surface area contributed by atoms with Gasteiger partial charge in [0.1, 0.15) is 6.10 Å². The first-order valence-electron chi connectivity index (χ1n) is 8.45. The number of carbonyl (C=O) groups excluding carboxylic acids is 1. The van der Waals surface area contributed by atoms with Crippen molar-refractivity contribution in [3.05, 3.63) is 17.8 Å². The van der Waals surface area contributed by atoms with Gasteiger partial charge in [0.2, 0.25) is 11.8 Å². The number of rotatable bonds is 4. The van der Waals surface area contributed by atoms with Crippen LogP contribution in [0.3, 0.4) is 0 Å². The SMILES string of the molecule is Cc1ccc(O[C@H]2CCCN(C(=O)CC3CCCC3)C2)nn1. The fourth-order valence-corrected chi connectivity index (χ4v) is 3.47. The highest BCUT2D eigenvalue weighted by Crippen LogP contribution is 2.28. The summed E-state index contributed by atoms with van der Waals surface area (Å²) >= 11 is 0. The Bertz CT molecular complexity index is 497. The van der Waals surface area contributed by atoms with Crippen LogP contribution in [-0.4, -0.2) is 40.2 Å². The van der Waals surface area contributed by atoms with Crippen molar-refractivity contribution in [2.24, 2.45) is 5.92 Å². The molecule has 0 aromatic carbocycles. The normalized spacial score (nSPS) is 22.8. The topological polar surface area (TPSA) is 55.3 Å². The molecular formula is C17H25N3O2. The third-order valence-electron chi connectivity index (χ3n) is 4.73. The van der Waals surface area contributed by atoms with Gasteiger partial charge in [-0.1, -0.05) is 12.8 Å². The van der Waals surface area contributed by atoms with Crippen LogP contribution < -0.4 is 4.74 Å². The zero-order valence-electron chi connectivity index (χ0n) is 13.3. The Kier molecular flexibility index (Phi) is 4.90. The van der Waals surface area contributed by atoms with Crippen LogP contribution in [0.4, 0.5) is 0 Å². The van der Waals surface area contributed by atoms with E-state index in [1.807, 2.05) is 24.0 Å². The minimum atomic E-state index is 0.0401. The van der Waals surface area contributed by atoms with Crippen molar-refractivity contribution in [1.82, 2.24) is 15.1 Å². The number of hydrogen-bond acceptors (Lipinski definition) is 4. The molecule has 120 valence electrons. The summed E-state index contributed by atoms with van der Waals surface area (Å²) in [6, 6.07) is 3.75. The summed E-state index contributed by atoms with van der Waals surface area (Å²) in [5.74, 6) is 1.47. The second-order valence-electron chi connectivity index (χ2n) is 6.59. The second-order valence-corrected chi connectivity index (χ2v) is 6.59. The maximum absolute atomic E-state index is 12.4. The summed E-state index contributed by atoms with van der Waals surface area (Å²) in [6.45, 7) is 3.45. The largest absolute Gasteiger partial charge is 0.471 e. The molecule has 3 rings (SSSR count). The van der Waals surface area contributed by atoms with Crippen molar-refractivity contribution in [3.63, 3.8) is 0 Å². The van der Waals surface area contributed by atoms with Crippen molar-refractivity contribution in [2.75, 3.05) is 13.1 Å². The van der Waals surface area contributed by atoms with E-state index in [1.165, 1.54) is 25.7 Å². The zero-order valence-corrected chi connectivity index (χ0v) is 13.3. The van der Waals surface area contributed by atoms with E-state index in [2.05, 4.69) is 10.2 Å². The average Bonchev–Trinajstić information content (AvgIpc) is 3.03. The summed E-state index contributed by atoms with van der Waals surface area (Å²) in [5, 5.41) is 8.06. The quantitative estimate of drug-likeness (QED) is 0.858. The predicted octanol–water partition coefficient (Wildman–Crippen LogP) is 2.74. The highest BCUT2D eigenvalue weighted by atomic mass is 16.5. The highest BCUT2D eigenvalue weighted by Gasteiger charge is 2.27. The molecule has 1 aromatic heterocycles. The van der Waals surface area contributed by atoms with Crippen LogP contribution in [-0.2, 0) is 4.79 Å². The third-order valence-corrected chi connectivity index (χ3v) is 4.73. The minimum Gasteiger partial charge on any atom is -0.471 e. The first kappa shape index (κ1) is 15.3. The van der Waals surface area contributed by atoms with Gasteiger partial charge < -0.3 is 9.64 Å². The van der Waals surface area contributed by atoms with Gasteiger partial charge in [-0.05, 0) is 44.6 Å². The van der Waals surface area contributed by atoms with Gasteiger partial charge >= 0.3 is 0 Å². The Hall–Kier alpha value is -1.65. The average molecular weight is 303 g/mol. The van der Waals surface area contributed by atoms with Crippen LogP contribution in [0.15, 0.2) is 12.1 Å². The van der Waals surface area contributed by atoms with E-state index in [4.69, 9.17) is 4.74 Å². The molecule has 0 radical (unpaired) electrons. The number of nitrogens with zero attached hydrogens (tertiary/aromatic N) is 3. The lowest BCUT2D eigenvalue weighted by Crippen LogP contribution is -2.44. The molecule has 5 nitrogen and oxygen atoms in total. The number of amides is 1. The molecule has 22 heavy (non-hydrogen) atoms. The summed E-state index contributed by atoms with van der Waals surface area (Å²) in [7, 11) is 0. The van der Waals surface area contributed by atoms with E-state index in [0.29, 0.717) is 24.2 Å². The van der Waals surface area contributed by atoms with E-state index >= 15 is 0 Å². The van der Waals surface area contributed by atoms with Crippen molar-refractivity contribution in [2.45, 2.75) is 58.0 Å². The fourth-order valence-electron chi connectivity index (χ4n) is 3.47. The van der Waals surface area contributed by atoms with E-state index in [1.54, 1.807) is 0 Å². The zero-order chi connectivity index (χ0) is 15.4. The van der Waals surface area contributed by atoms with Crippen molar-refractivity contribution in [1.29, 1.82) is 0 Å². The molecule has 2 aliphatic rings. The molecule has 1 aliphatic carbocycles. The molecular weight excluding hydrogens is 278 g/mol. The third kappa shape index (κ3) is 3.96. The molecule has 0 spiro atoms. The lowest BCUT2D eigenvalue weighted by Gasteiger charge is -2.33. The fraction of sp³-hybridized carbons (Fsp3) is 0.706. The molecule has 1 atom stereocenters. The number of piperidine rings is 1. The summed E-state index contributed by atoms with van der Waals surface area (Å²) < 4.78 is 5.89. The van der Waals surface area contributed by atoms with Crippen molar-refractivity contribution < 1.29 is 9.53 Å². The summed E-state index contributed by atoms with van der Waals surface area (Å²) in [4.78, 5) is 14.4. The molecule has 2 heterocycles. The molecule has 0 bridgehead atoms. The number of aryl methyl sites for hydroxylation is 1. The molecule has 5 heteroatoms. The Balaban J connectivity index is 1.52. The van der Waals surface area contributed by atoms with Gasteiger partial charge in [0.15, 0.2) is 0 Å². The van der Waals surface area contributed by atoms with Crippen LogP contribution in [0.5, 0.6) is 5.88 Å². The Morgan fingerprint density at radius 1 is 1.23 bits per heavy atom. The summed E-state index contributed by atoms with van der Waals surface area (Å²) in [5.41, 5.74) is 0.879. The van der Waals surface area contributed by atoms with Crippen LogP contribution in [0.1, 0.15) is 50.6 Å². The van der Waals surface area contributed by atoms with Gasteiger partial charge in [-0.3, -0.25) is 4.79 Å². The van der Waals surface area contributed by atoms with E-state index < -0.39 is 0 Å². The highest BCUT2D eigenvalue weighted by molar-refractivity contribution is 5.76. The molecule has 0 N–H and O–H groups in total. The lowest BCUT2D eigenvalue weighted by molar-refractivity contribution is -0.134. The van der Waals surface area contributed by atoms with Gasteiger partial charge in [0.05, 0.1) is 12.2 Å². The standard InChI is InChI=1S/C17H25N3O2/c1-13-8-9-16(19-18-13)22-15-7-4-10-20(12-15)17(21)11-14-5-2-3-6-14/h8-9,14-15H,2-7,10-12H2,1H3/t15-/m0/s1. The molecule has 1 saturated carbocycles. The molecule has 2 fully saturated rings. The molecule has 1 amide bonds. The van der Waals surface area contributed by atoms with Gasteiger partial charge in [0.25, 0.3) is 0 Å². The number of hydrogen-bond donors (Lipinski definition) is 0. The Morgan fingerprint density at radius 2 is 2.05 bits per heavy atom. The second kappa shape index (κ2) is 7.07. The Labute approximate surface area is 132 Å². The van der Waals surface area contributed by atoms with Gasteiger partial charge in [-0.15, -0.1) is 5.10 Å². The van der Waals surface area contributed by atoms with Crippen LogP contribution in [0.25, 0.3) is 0 Å². The first-order valence-corrected chi connectivity index (χ1v) is 8.45. The van der Waals surface area contributed by atoms with Gasteiger partial charge in [-0.2, -0.15) is 5.10 Å². The van der Waals surface area contributed by atoms with Crippen LogP contribution in [0, 0.1) is 12.8 Å². The predicted molar refractivity (Wildman–Crippen MR) is 83.6 cm³/mol. The van der Waals surface area contributed by atoms with E-state index in [-0.39, 0.29) is 6.10 Å². The molecule has 1 aromatic rings. The van der Waals surface area contributed by atoms with Crippen LogP contribution in [0.2, 0.25) is 0 Å². The molecule has 1 saturated heterocycles. The maximum Gasteiger partial charge on any atom is 0.233 e. The smallest absolute Gasteiger partial charge is 0.233 e. The van der Waals surface area contributed by atoms with Crippen molar-refractivity contribution >= 4 is 5.91 Å². The number of ether oxygens (including phenoxy) is 1. The molecule has 0 unspecified atom stereocenters. The van der Waals surface area contributed by atoms with E-state index in [9.17, 15) is 4.79 Å². The van der Waals surface area contributed by atoms with Gasteiger partial charge in [-0.25, -0.2) is 0 Å². The summed E-state index contributed by atoms with van der Waals surface area (Å²) in [6.07, 6.45) is 7.75. The van der Waals surface area contributed by atoms with E-state index in [0.717, 1.165) is 31.5 Å². The lowest BCUT2D eigenvalue weighted by atomic mass is 10.0. The maximum atomic E-state index is 12.4. The van der Waals surface area contributed by atoms with Crippen LogP contribution >= 0.6 is 0 Å². The number of aromatic nitrogens is 2. The first-order chi connectivity index (χ1) is 10.7. The molecule has 1 aliphatic heterocycles. The van der Waals surface area contributed by atoms with Crippen molar-refractivity contribution in [3.8, 4) is 5.88 Å². The monoisotopic (exact) mass is 303 g/mol. The Morgan fingerprint density at radius 3 is 2.77 bits per heavy atom. The van der Waals surface area contributed by atoms with Gasteiger partial charge in [0, 0.05) is 19.0 Å².